The highest BCUT2D eigenvalue weighted by atomic mass is 32.2. The van der Waals surface area contributed by atoms with Gasteiger partial charge in [-0.25, -0.2) is 9.79 Å². The fourth-order valence-electron chi connectivity index (χ4n) is 1.01. The van der Waals surface area contributed by atoms with Crippen LogP contribution >= 0.6 is 23.1 Å². The first-order chi connectivity index (χ1) is 7.11. The van der Waals surface area contributed by atoms with Crippen molar-refractivity contribution in [3.63, 3.8) is 0 Å². The lowest BCUT2D eigenvalue weighted by Gasteiger charge is -1.92. The van der Waals surface area contributed by atoms with E-state index in [9.17, 15) is 4.79 Å². The van der Waals surface area contributed by atoms with Crippen LogP contribution in [0.5, 0.6) is 0 Å². The minimum Gasteiger partial charge on any atom is -0.478 e. The van der Waals surface area contributed by atoms with Crippen molar-refractivity contribution in [2.24, 2.45) is 10.7 Å². The number of thiophene rings is 1. The molecule has 0 saturated heterocycles. The van der Waals surface area contributed by atoms with E-state index >= 15 is 0 Å². The van der Waals surface area contributed by atoms with Crippen LogP contribution in [0.25, 0.3) is 11.6 Å². The SMILES string of the molecule is C=c1c(C(=O)O)cs/c1=C(/N=C\N)SC. The van der Waals surface area contributed by atoms with E-state index in [1.54, 1.807) is 5.38 Å². The van der Waals surface area contributed by atoms with Crippen molar-refractivity contribution >= 4 is 47.0 Å². The number of carbonyl (C=O) groups is 1. The van der Waals surface area contributed by atoms with E-state index in [0.29, 0.717) is 10.2 Å². The van der Waals surface area contributed by atoms with Crippen LogP contribution < -0.4 is 15.5 Å². The lowest BCUT2D eigenvalue weighted by atomic mass is 10.3. The van der Waals surface area contributed by atoms with E-state index in [-0.39, 0.29) is 5.56 Å². The lowest BCUT2D eigenvalue weighted by Crippen LogP contribution is -2.24. The molecule has 0 radical (unpaired) electrons. The zero-order valence-electron chi connectivity index (χ0n) is 8.06. The summed E-state index contributed by atoms with van der Waals surface area (Å²) in [6.45, 7) is 3.73. The molecule has 6 heteroatoms. The van der Waals surface area contributed by atoms with Crippen LogP contribution in [0.2, 0.25) is 0 Å². The number of nitrogens with zero attached hydrogens (tertiary/aromatic N) is 1. The topological polar surface area (TPSA) is 75.7 Å². The van der Waals surface area contributed by atoms with Crippen molar-refractivity contribution in [2.45, 2.75) is 0 Å². The molecule has 1 heterocycles. The number of hydrogen-bond acceptors (Lipinski definition) is 4. The zero-order chi connectivity index (χ0) is 11.4. The van der Waals surface area contributed by atoms with Gasteiger partial charge in [0.05, 0.1) is 16.4 Å². The molecular weight excluding hydrogens is 232 g/mol. The second kappa shape index (κ2) is 4.99. The Morgan fingerprint density at radius 1 is 1.80 bits per heavy atom. The van der Waals surface area contributed by atoms with Crippen molar-refractivity contribution in [1.82, 2.24) is 0 Å². The molecule has 0 saturated carbocycles. The molecule has 0 atom stereocenters. The van der Waals surface area contributed by atoms with Crippen molar-refractivity contribution < 1.29 is 9.90 Å². The van der Waals surface area contributed by atoms with Crippen molar-refractivity contribution in [3.8, 4) is 0 Å². The molecule has 0 unspecified atom stereocenters. The van der Waals surface area contributed by atoms with Crippen LogP contribution in [0.4, 0.5) is 0 Å². The van der Waals surface area contributed by atoms with E-state index in [0.717, 1.165) is 4.53 Å². The Morgan fingerprint density at radius 2 is 2.47 bits per heavy atom. The summed E-state index contributed by atoms with van der Waals surface area (Å²) in [6.07, 6.45) is 3.04. The molecule has 1 rings (SSSR count). The highest BCUT2D eigenvalue weighted by Crippen LogP contribution is 2.12. The van der Waals surface area contributed by atoms with Crippen LogP contribution in [0.3, 0.4) is 0 Å². The summed E-state index contributed by atoms with van der Waals surface area (Å²) in [5.74, 6) is -0.973. The molecule has 0 aliphatic heterocycles. The fourth-order valence-corrected chi connectivity index (χ4v) is 2.77. The molecule has 1 aromatic rings. The third-order valence-electron chi connectivity index (χ3n) is 1.70. The number of rotatable bonds is 3. The lowest BCUT2D eigenvalue weighted by molar-refractivity contribution is 0.0696. The molecule has 0 aliphatic rings. The summed E-state index contributed by atoms with van der Waals surface area (Å²) < 4.78 is 0.751. The molecule has 3 N–H and O–H groups in total. The smallest absolute Gasteiger partial charge is 0.337 e. The molecule has 0 aromatic carbocycles. The fraction of sp³-hybridized carbons (Fsp3) is 0.111. The predicted molar refractivity (Wildman–Crippen MR) is 65.7 cm³/mol. The number of hydrogen-bond donors (Lipinski definition) is 2. The van der Waals surface area contributed by atoms with Crippen LogP contribution in [0.1, 0.15) is 10.4 Å². The zero-order valence-corrected chi connectivity index (χ0v) is 9.69. The van der Waals surface area contributed by atoms with E-state index in [2.05, 4.69) is 11.6 Å². The number of nitrogens with two attached hydrogens (primary N) is 1. The quantitative estimate of drug-likeness (QED) is 0.589. The number of carboxylic acids is 1. The van der Waals surface area contributed by atoms with Gasteiger partial charge in [0.1, 0.15) is 5.03 Å². The molecule has 0 amide bonds. The minimum atomic E-state index is -0.973. The molecule has 4 nitrogen and oxygen atoms in total. The van der Waals surface area contributed by atoms with Gasteiger partial charge in [-0.2, -0.15) is 0 Å². The molecule has 1 aromatic heterocycles. The average molecular weight is 242 g/mol. The standard InChI is InChI=1S/C9H10N2O2S2/c1-5-6(9(12)13)3-15-7(5)8(14-2)11-4-10/h3-4H,1H2,2H3,(H2,10,11)(H,12,13)/b8-7-. The second-order valence-electron chi connectivity index (χ2n) is 2.55. The van der Waals surface area contributed by atoms with Crippen LogP contribution in [-0.2, 0) is 0 Å². The first kappa shape index (κ1) is 11.8. The summed E-state index contributed by atoms with van der Waals surface area (Å²) in [6, 6.07) is 0. The van der Waals surface area contributed by atoms with Gasteiger partial charge < -0.3 is 10.8 Å². The number of aromatic carboxylic acids is 1. The highest BCUT2D eigenvalue weighted by Gasteiger charge is 2.08. The molecule has 80 valence electrons. The summed E-state index contributed by atoms with van der Waals surface area (Å²) in [7, 11) is 0. The van der Waals surface area contributed by atoms with Crippen LogP contribution in [-0.4, -0.2) is 23.7 Å². The van der Waals surface area contributed by atoms with Gasteiger partial charge in [0.15, 0.2) is 0 Å². The molecule has 0 spiro atoms. The Labute approximate surface area is 94.8 Å². The first-order valence-corrected chi connectivity index (χ1v) is 6.04. The Bertz CT molecular complexity index is 505. The molecular formula is C9H10N2O2S2. The molecule has 0 bridgehead atoms. The summed E-state index contributed by atoms with van der Waals surface area (Å²) >= 11 is 2.71. The minimum absolute atomic E-state index is 0.216. The van der Waals surface area contributed by atoms with E-state index in [1.807, 2.05) is 6.26 Å². The Kier molecular flexibility index (Phi) is 3.93. The van der Waals surface area contributed by atoms with E-state index < -0.39 is 5.97 Å². The van der Waals surface area contributed by atoms with E-state index in [1.165, 1.54) is 29.4 Å². The number of thioether (sulfide) groups is 1. The van der Waals surface area contributed by atoms with Gasteiger partial charge in [-0.15, -0.1) is 23.1 Å². The maximum absolute atomic E-state index is 10.8. The predicted octanol–water partition coefficient (Wildman–Crippen LogP) is 0.272. The third kappa shape index (κ3) is 2.40. The maximum Gasteiger partial charge on any atom is 0.337 e. The summed E-state index contributed by atoms with van der Waals surface area (Å²) in [5.41, 5.74) is 5.42. The highest BCUT2D eigenvalue weighted by molar-refractivity contribution is 8.07. The van der Waals surface area contributed by atoms with Gasteiger partial charge in [-0.05, 0) is 6.26 Å². The van der Waals surface area contributed by atoms with Gasteiger partial charge in [0.2, 0.25) is 0 Å². The number of carboxylic acid groups (broad SMARTS) is 1. The van der Waals surface area contributed by atoms with Crippen LogP contribution in [0.15, 0.2) is 10.4 Å². The summed E-state index contributed by atoms with van der Waals surface area (Å²) in [5, 5.41) is 11.6. The van der Waals surface area contributed by atoms with Gasteiger partial charge in [0, 0.05) is 10.6 Å². The van der Waals surface area contributed by atoms with Gasteiger partial charge >= 0.3 is 5.97 Å². The van der Waals surface area contributed by atoms with E-state index in [4.69, 9.17) is 10.8 Å². The monoisotopic (exact) mass is 242 g/mol. The Morgan fingerprint density at radius 3 is 2.87 bits per heavy atom. The molecule has 15 heavy (non-hydrogen) atoms. The molecule has 0 fully saturated rings. The Balaban J connectivity index is 3.50. The number of aliphatic imine (C=N–C) groups is 1. The maximum atomic E-state index is 10.8. The summed E-state index contributed by atoms with van der Waals surface area (Å²) in [4.78, 5) is 14.7. The normalized spacial score (nSPS) is 13.1. The largest absolute Gasteiger partial charge is 0.478 e. The van der Waals surface area contributed by atoms with Crippen molar-refractivity contribution in [1.29, 1.82) is 0 Å². The van der Waals surface area contributed by atoms with Gasteiger partial charge in [-0.3, -0.25) is 0 Å². The first-order valence-electron chi connectivity index (χ1n) is 3.94. The van der Waals surface area contributed by atoms with Gasteiger partial charge in [0.25, 0.3) is 0 Å². The molecule has 0 aliphatic carbocycles. The average Bonchev–Trinajstić information content (AvgIpc) is 2.57. The van der Waals surface area contributed by atoms with Crippen LogP contribution in [0, 0.1) is 0 Å². The second-order valence-corrected chi connectivity index (χ2v) is 4.22. The third-order valence-corrected chi connectivity index (χ3v) is 3.56. The van der Waals surface area contributed by atoms with Crippen molar-refractivity contribution in [2.75, 3.05) is 6.26 Å². The van der Waals surface area contributed by atoms with Crippen molar-refractivity contribution in [3.05, 3.63) is 20.7 Å². The van der Waals surface area contributed by atoms with Gasteiger partial charge in [-0.1, -0.05) is 6.58 Å². The Hall–Kier alpha value is -1.27.